The van der Waals surface area contributed by atoms with Crippen LogP contribution in [0.15, 0.2) is 0 Å². The SMILES string of the molecule is CC[C]([Cr]([C](CC)([Si](CC)(CC)CC)[Si](CC)(CC)CC)[C](CC)([Si](CC)(CC)CC)[Si](CC)(CC)CC)([Si](CC)(CC)CC)[Si](CC)(CC)CC. The van der Waals surface area contributed by atoms with Crippen LogP contribution in [0, 0.1) is 0 Å². The molecule has 52 heavy (non-hydrogen) atoms. The second kappa shape index (κ2) is 22.3. The number of rotatable bonds is 30. The van der Waals surface area contributed by atoms with E-state index in [2.05, 4.69) is 145 Å². The summed E-state index contributed by atoms with van der Waals surface area (Å²) in [6.07, 6.45) is 4.74. The van der Waals surface area contributed by atoms with Crippen molar-refractivity contribution in [2.24, 2.45) is 0 Å². The molecule has 315 valence electrons. The summed E-state index contributed by atoms with van der Waals surface area (Å²) >= 11 is -1.42. The van der Waals surface area contributed by atoms with Gasteiger partial charge in [0.15, 0.2) is 0 Å². The molecular weight excluding hydrogens is 761 g/mol. The Morgan fingerprint density at radius 1 is 0.212 bits per heavy atom. The molecule has 0 aliphatic carbocycles. The van der Waals surface area contributed by atoms with E-state index in [4.69, 9.17) is 0 Å². The van der Waals surface area contributed by atoms with Crippen molar-refractivity contribution in [2.75, 3.05) is 0 Å². The van der Waals surface area contributed by atoms with Gasteiger partial charge in [0.25, 0.3) is 0 Å². The van der Waals surface area contributed by atoms with Gasteiger partial charge < -0.3 is 0 Å². The average molecular weight is 867 g/mol. The number of hydrogen-bond donors (Lipinski definition) is 0. The van der Waals surface area contributed by atoms with E-state index in [0.717, 1.165) is 0 Å². The molecule has 0 amide bonds. The standard InChI is InChI=1S/3C15H35Si2.Cr/c3*1-8-15(16(9-2,10-3)11-4)17(12-5,13-6)14-7;/h3*8-14H2,1-7H3;. The van der Waals surface area contributed by atoms with Gasteiger partial charge in [-0.25, -0.2) is 0 Å². The molecular formula is C45H105CrSi6. The Morgan fingerprint density at radius 3 is 0.365 bits per heavy atom. The fraction of sp³-hybridized carbons (Fsp3) is 1.00. The molecule has 0 aliphatic heterocycles. The molecule has 0 atom stereocenters. The van der Waals surface area contributed by atoms with Gasteiger partial charge in [-0.05, 0) is 0 Å². The van der Waals surface area contributed by atoms with Crippen molar-refractivity contribution in [2.45, 2.75) is 284 Å². The Morgan fingerprint density at radius 2 is 0.308 bits per heavy atom. The van der Waals surface area contributed by atoms with Gasteiger partial charge in [0.1, 0.15) is 0 Å². The third kappa shape index (κ3) is 7.15. The van der Waals surface area contributed by atoms with Crippen molar-refractivity contribution < 1.29 is 14.1 Å². The Labute approximate surface area is 344 Å². The van der Waals surface area contributed by atoms with Crippen LogP contribution in [0.5, 0.6) is 0 Å². The van der Waals surface area contributed by atoms with Crippen molar-refractivity contribution in [3.8, 4) is 0 Å². The van der Waals surface area contributed by atoms with Gasteiger partial charge in [0.2, 0.25) is 0 Å². The van der Waals surface area contributed by atoms with E-state index >= 15 is 0 Å². The van der Waals surface area contributed by atoms with Crippen LogP contribution in [0.25, 0.3) is 0 Å². The molecule has 0 N–H and O–H groups in total. The monoisotopic (exact) mass is 866 g/mol. The molecule has 0 saturated heterocycles. The van der Waals surface area contributed by atoms with E-state index in [1.165, 1.54) is 0 Å². The van der Waals surface area contributed by atoms with Gasteiger partial charge in [-0.3, -0.25) is 0 Å². The van der Waals surface area contributed by atoms with E-state index in [0.29, 0.717) is 10.6 Å². The van der Waals surface area contributed by atoms with Crippen LogP contribution in [0.1, 0.15) is 165 Å². The third-order valence-corrected chi connectivity index (χ3v) is 88.0. The molecule has 0 heterocycles. The second-order valence-corrected chi connectivity index (χ2v) is 60.4. The first-order valence-corrected chi connectivity index (χ1v) is 42.0. The van der Waals surface area contributed by atoms with Gasteiger partial charge in [-0.2, -0.15) is 0 Å². The van der Waals surface area contributed by atoms with E-state index in [9.17, 15) is 0 Å². The van der Waals surface area contributed by atoms with Gasteiger partial charge in [-0.1, -0.05) is 0 Å². The summed E-state index contributed by atoms with van der Waals surface area (Å²) in [5, 5.41) is 0. The summed E-state index contributed by atoms with van der Waals surface area (Å²) in [6.45, 7) is 59.2. The Hall–Kier alpha value is 1.83. The maximum absolute atomic E-state index is 2.92. The molecule has 0 aromatic carbocycles. The molecule has 7 heteroatoms. The first-order chi connectivity index (χ1) is 24.6. The van der Waals surface area contributed by atoms with Crippen molar-refractivity contribution in [3.05, 3.63) is 0 Å². The predicted molar refractivity (Wildman–Crippen MR) is 262 cm³/mol. The van der Waals surface area contributed by atoms with E-state index in [1.54, 1.807) is 128 Å². The molecule has 0 radical (unpaired) electrons. The third-order valence-electron chi connectivity index (χ3n) is 19.9. The van der Waals surface area contributed by atoms with Crippen LogP contribution >= 0.6 is 0 Å². The Bertz CT molecular complexity index is 739. The van der Waals surface area contributed by atoms with Crippen LogP contribution in [-0.2, 0) is 14.1 Å². The molecule has 0 fully saturated rings. The fourth-order valence-electron chi connectivity index (χ4n) is 16.2. The van der Waals surface area contributed by atoms with Gasteiger partial charge in [0.05, 0.1) is 0 Å². The van der Waals surface area contributed by atoms with Crippen molar-refractivity contribution >= 4 is 48.4 Å². The van der Waals surface area contributed by atoms with Crippen LogP contribution in [0.4, 0.5) is 0 Å². The first-order valence-electron chi connectivity index (χ1n) is 24.4. The van der Waals surface area contributed by atoms with Gasteiger partial charge in [0, 0.05) is 0 Å². The van der Waals surface area contributed by atoms with Gasteiger partial charge in [-0.15, -0.1) is 0 Å². The zero-order valence-corrected chi connectivity index (χ0v) is 48.0. The molecule has 0 unspecified atom stereocenters. The van der Waals surface area contributed by atoms with Crippen LogP contribution in [0.3, 0.4) is 0 Å². The average Bonchev–Trinajstić information content (AvgIpc) is 3.21. The fourth-order valence-corrected chi connectivity index (χ4v) is 108. The summed E-state index contributed by atoms with van der Waals surface area (Å²) in [5.41, 5.74) is 0. The normalized spacial score (nSPS) is 14.9. The molecule has 0 nitrogen and oxygen atoms in total. The molecule has 0 rings (SSSR count). The van der Waals surface area contributed by atoms with Crippen molar-refractivity contribution in [1.29, 1.82) is 0 Å². The van der Waals surface area contributed by atoms with Crippen molar-refractivity contribution in [1.82, 2.24) is 0 Å². The molecule has 0 aliphatic rings. The molecule has 0 saturated carbocycles. The van der Waals surface area contributed by atoms with Crippen molar-refractivity contribution in [3.63, 3.8) is 0 Å². The van der Waals surface area contributed by atoms with Gasteiger partial charge >= 0.3 is 347 Å². The van der Waals surface area contributed by atoms with Crippen LogP contribution < -0.4 is 0 Å². The summed E-state index contributed by atoms with van der Waals surface area (Å²) in [6, 6.07) is 28.2. The van der Waals surface area contributed by atoms with E-state index in [-0.39, 0.29) is 0 Å². The topological polar surface area (TPSA) is 0 Å². The summed E-state index contributed by atoms with van der Waals surface area (Å²) < 4.78 is 2.15. The zero-order chi connectivity index (χ0) is 40.9. The quantitative estimate of drug-likeness (QED) is 0.0631. The number of hydrogen-bond acceptors (Lipinski definition) is 0. The van der Waals surface area contributed by atoms with Crippen LogP contribution in [0.2, 0.25) is 119 Å². The maximum atomic E-state index is 2.92. The molecule has 0 aromatic heterocycles. The molecule has 0 spiro atoms. The summed E-state index contributed by atoms with van der Waals surface area (Å²) in [7, 11) is -10.6. The predicted octanol–water partition coefficient (Wildman–Crippen LogP) is 18.6. The Balaban J connectivity index is 11.1. The second-order valence-electron chi connectivity index (χ2n) is 17.9. The van der Waals surface area contributed by atoms with E-state index in [1.807, 2.05) is 0 Å². The summed E-state index contributed by atoms with van der Waals surface area (Å²) in [4.78, 5) is 0. The van der Waals surface area contributed by atoms with E-state index < -0.39 is 62.6 Å². The van der Waals surface area contributed by atoms with Crippen LogP contribution in [-0.4, -0.2) is 48.4 Å². The minimum absolute atomic E-state index is 0.716. The zero-order valence-electron chi connectivity index (χ0n) is 40.8. The molecule has 0 bridgehead atoms. The Kier molecular flexibility index (Phi) is 23.1. The molecule has 0 aromatic rings. The summed E-state index contributed by atoms with van der Waals surface area (Å²) in [5.74, 6) is 0. The minimum atomic E-state index is -1.77. The first kappa shape index (κ1) is 53.8.